The molecule has 3 N–H and O–H groups in total. The molecule has 1 aliphatic carbocycles. The molecule has 57 heavy (non-hydrogen) atoms. The van der Waals surface area contributed by atoms with Gasteiger partial charge in [0.15, 0.2) is 5.78 Å². The number of hydrogen-bond donors (Lipinski definition) is 3. The van der Waals surface area contributed by atoms with Crippen LogP contribution in [-0.2, 0) is 36.8 Å². The normalized spacial score (nSPS) is 18.6. The van der Waals surface area contributed by atoms with Crippen molar-refractivity contribution in [1.29, 1.82) is 0 Å². The topological polar surface area (TPSA) is 141 Å². The molecule has 2 fully saturated rings. The molecule has 0 spiro atoms. The van der Waals surface area contributed by atoms with Crippen LogP contribution in [-0.4, -0.2) is 81.2 Å². The van der Waals surface area contributed by atoms with E-state index in [2.05, 4.69) is 15.6 Å². The van der Waals surface area contributed by atoms with Gasteiger partial charge >= 0.3 is 6.09 Å². The van der Waals surface area contributed by atoms with Crippen LogP contribution in [0.3, 0.4) is 0 Å². The molecule has 4 amide bonds. The number of nitrogens with zero attached hydrogens (tertiary/aromatic N) is 2. The van der Waals surface area contributed by atoms with Gasteiger partial charge in [-0.1, -0.05) is 72.8 Å². The first kappa shape index (κ1) is 39.3. The van der Waals surface area contributed by atoms with Gasteiger partial charge in [0.1, 0.15) is 17.7 Å². The number of amides is 4. The summed E-state index contributed by atoms with van der Waals surface area (Å²) < 4.78 is 5.48. The predicted octanol–water partition coefficient (Wildman–Crippen LogP) is 7.28. The fraction of sp³-hybridized carbons (Fsp3) is 0.370. The Morgan fingerprint density at radius 1 is 0.842 bits per heavy atom. The van der Waals surface area contributed by atoms with Gasteiger partial charge in [0.2, 0.25) is 17.7 Å². The summed E-state index contributed by atoms with van der Waals surface area (Å²) in [6.45, 7) is 6.33. The third-order valence-corrected chi connectivity index (χ3v) is 10.8. The summed E-state index contributed by atoms with van der Waals surface area (Å²) in [6.07, 6.45) is 9.70. The number of hydrogen-bond acceptors (Lipinski definition) is 6. The zero-order valence-corrected chi connectivity index (χ0v) is 32.9. The van der Waals surface area contributed by atoms with Gasteiger partial charge in [-0.2, -0.15) is 0 Å². The number of allylic oxidation sites excluding steroid dienone is 3. The predicted molar refractivity (Wildman–Crippen MR) is 220 cm³/mol. The van der Waals surface area contributed by atoms with Crippen LogP contribution in [0.1, 0.15) is 70.4 Å². The summed E-state index contributed by atoms with van der Waals surface area (Å²) in [5, 5.41) is 6.72. The second-order valence-corrected chi connectivity index (χ2v) is 16.2. The maximum Gasteiger partial charge on any atom is 0.408 e. The molecule has 0 saturated carbocycles. The molecule has 2 aliphatic heterocycles. The molecule has 0 bridgehead atoms. The highest BCUT2D eigenvalue weighted by atomic mass is 16.6. The SMILES string of the molecule is CC(C)(C)OC(=O)N[C@@H](C(=O)N1CCC[C@H]1C(=O)Nc1ccc2[nH]c(-c3ccc(CC(=O)[C@@H]4CCCN4C(=O)Cc4ccccc4)cc3)cc2c1)C1=CC=CCC1. The monoisotopic (exact) mass is 769 g/mol. The highest BCUT2D eigenvalue weighted by molar-refractivity contribution is 6.01. The lowest BCUT2D eigenvalue weighted by Crippen LogP contribution is -2.54. The molecule has 7 rings (SSSR count). The van der Waals surface area contributed by atoms with Crippen LogP contribution in [0.2, 0.25) is 0 Å². The number of carbonyl (C=O) groups is 5. The van der Waals surface area contributed by atoms with E-state index in [4.69, 9.17) is 4.74 Å². The number of aromatic nitrogens is 1. The van der Waals surface area contributed by atoms with E-state index in [9.17, 15) is 24.0 Å². The third kappa shape index (κ3) is 9.53. The van der Waals surface area contributed by atoms with Crippen LogP contribution in [0.25, 0.3) is 22.2 Å². The number of anilines is 1. The number of H-pyrrole nitrogens is 1. The first-order valence-corrected chi connectivity index (χ1v) is 20.0. The number of nitrogens with one attached hydrogen (secondary N) is 3. The second kappa shape index (κ2) is 17.0. The van der Waals surface area contributed by atoms with Gasteiger partial charge in [0.25, 0.3) is 0 Å². The maximum absolute atomic E-state index is 14.0. The molecule has 11 heteroatoms. The average Bonchev–Trinajstić information content (AvgIpc) is 3.98. The van der Waals surface area contributed by atoms with E-state index >= 15 is 0 Å². The molecule has 3 aliphatic rings. The van der Waals surface area contributed by atoms with Crippen molar-refractivity contribution in [2.45, 2.75) is 95.9 Å². The van der Waals surface area contributed by atoms with Crippen LogP contribution in [0.4, 0.5) is 10.5 Å². The van der Waals surface area contributed by atoms with Gasteiger partial charge in [0.05, 0.1) is 12.5 Å². The minimum atomic E-state index is -0.930. The summed E-state index contributed by atoms with van der Waals surface area (Å²) in [5.41, 5.74) is 5.24. The van der Waals surface area contributed by atoms with Crippen LogP contribution in [0, 0.1) is 0 Å². The molecule has 296 valence electrons. The Morgan fingerprint density at radius 2 is 1.56 bits per heavy atom. The lowest BCUT2D eigenvalue weighted by atomic mass is 9.96. The minimum Gasteiger partial charge on any atom is -0.444 e. The minimum absolute atomic E-state index is 0.00616. The van der Waals surface area contributed by atoms with Gasteiger partial charge in [-0.3, -0.25) is 19.2 Å². The molecular formula is C46H51N5O6. The molecule has 0 radical (unpaired) electrons. The largest absolute Gasteiger partial charge is 0.444 e. The average molecular weight is 770 g/mol. The van der Waals surface area contributed by atoms with Crippen molar-refractivity contribution in [1.82, 2.24) is 20.1 Å². The number of rotatable bonds is 11. The zero-order chi connectivity index (χ0) is 40.1. The molecule has 11 nitrogen and oxygen atoms in total. The second-order valence-electron chi connectivity index (χ2n) is 16.2. The van der Waals surface area contributed by atoms with E-state index in [-0.39, 0.29) is 29.9 Å². The number of Topliss-reactive ketones (excluding diaryl/α,β-unsaturated/α-hetero) is 1. The van der Waals surface area contributed by atoms with Crippen LogP contribution in [0.15, 0.2) is 103 Å². The Hall–Kier alpha value is -5.97. The summed E-state index contributed by atoms with van der Waals surface area (Å²) >= 11 is 0. The van der Waals surface area contributed by atoms with Crippen molar-refractivity contribution in [3.05, 3.63) is 114 Å². The third-order valence-electron chi connectivity index (χ3n) is 10.8. The number of alkyl carbamates (subject to hydrolysis) is 1. The fourth-order valence-electron chi connectivity index (χ4n) is 8.05. The first-order valence-electron chi connectivity index (χ1n) is 20.0. The van der Waals surface area contributed by atoms with E-state index < -0.39 is 29.8 Å². The Morgan fingerprint density at radius 3 is 2.28 bits per heavy atom. The van der Waals surface area contributed by atoms with Crippen molar-refractivity contribution >= 4 is 46.2 Å². The summed E-state index contributed by atoms with van der Waals surface area (Å²) in [4.78, 5) is 73.8. The molecular weight excluding hydrogens is 719 g/mol. The smallest absolute Gasteiger partial charge is 0.408 e. The number of carbonyl (C=O) groups excluding carboxylic acids is 5. The van der Waals surface area contributed by atoms with E-state index in [0.717, 1.165) is 51.7 Å². The Kier molecular flexibility index (Phi) is 11.7. The van der Waals surface area contributed by atoms with Crippen LogP contribution >= 0.6 is 0 Å². The van der Waals surface area contributed by atoms with Crippen molar-refractivity contribution in [2.24, 2.45) is 0 Å². The number of likely N-dealkylation sites (tertiary alicyclic amines) is 2. The van der Waals surface area contributed by atoms with E-state index in [1.165, 1.54) is 0 Å². The van der Waals surface area contributed by atoms with E-state index in [1.54, 1.807) is 30.6 Å². The van der Waals surface area contributed by atoms with Crippen molar-refractivity contribution in [3.63, 3.8) is 0 Å². The molecule has 3 heterocycles. The number of aromatic amines is 1. The Balaban J connectivity index is 0.980. The highest BCUT2D eigenvalue weighted by Gasteiger charge is 2.39. The van der Waals surface area contributed by atoms with Crippen molar-refractivity contribution < 1.29 is 28.7 Å². The molecule has 2 saturated heterocycles. The van der Waals surface area contributed by atoms with Gasteiger partial charge in [-0.05, 0) is 106 Å². The number of benzene rings is 3. The van der Waals surface area contributed by atoms with Crippen LogP contribution < -0.4 is 10.6 Å². The first-order chi connectivity index (χ1) is 27.4. The standard InChI is InChI=1S/C46H51N5O6/c1-46(2,3)57-45(56)49-42(33-14-8-5-9-15-33)44(55)51-25-11-17-39(51)43(54)47-35-22-23-36-34(28-35)29-37(48-36)32-20-18-31(19-21-32)26-40(52)38-16-10-24-50(38)41(53)27-30-12-6-4-7-13-30/h4-8,12-14,18-23,28-29,38-39,42,48H,9-11,15-17,24-27H2,1-3H3,(H,47,54)(H,49,56)/t38-,39-,42+/m0/s1. The molecule has 0 unspecified atom stereocenters. The van der Waals surface area contributed by atoms with Gasteiger partial charge in [-0.15, -0.1) is 0 Å². The van der Waals surface area contributed by atoms with Crippen LogP contribution in [0.5, 0.6) is 0 Å². The fourth-order valence-corrected chi connectivity index (χ4v) is 8.05. The summed E-state index contributed by atoms with van der Waals surface area (Å²) in [7, 11) is 0. The van der Waals surface area contributed by atoms with Gasteiger partial charge in [-0.25, -0.2) is 4.79 Å². The Bertz CT molecular complexity index is 2200. The lowest BCUT2D eigenvalue weighted by Gasteiger charge is -2.31. The quantitative estimate of drug-likeness (QED) is 0.147. The maximum atomic E-state index is 14.0. The summed E-state index contributed by atoms with van der Waals surface area (Å²) in [6, 6.07) is 23.2. The highest BCUT2D eigenvalue weighted by Crippen LogP contribution is 2.29. The molecule has 3 aromatic carbocycles. The molecule has 4 aromatic rings. The van der Waals surface area contributed by atoms with Gasteiger partial charge < -0.3 is 30.2 Å². The zero-order valence-electron chi connectivity index (χ0n) is 32.9. The van der Waals surface area contributed by atoms with Crippen molar-refractivity contribution in [2.75, 3.05) is 18.4 Å². The number of ether oxygens (including phenoxy) is 1. The number of ketones is 1. The lowest BCUT2D eigenvalue weighted by molar-refractivity contribution is -0.137. The Labute approximate surface area is 333 Å². The molecule has 3 atom stereocenters. The van der Waals surface area contributed by atoms with E-state index in [1.807, 2.05) is 97.1 Å². The van der Waals surface area contributed by atoms with Crippen molar-refractivity contribution in [3.8, 4) is 11.3 Å². The number of fused-ring (bicyclic) bond motifs is 1. The van der Waals surface area contributed by atoms with E-state index in [0.29, 0.717) is 50.9 Å². The molecule has 1 aromatic heterocycles. The summed E-state index contributed by atoms with van der Waals surface area (Å²) in [5.74, 6) is -0.553. The van der Waals surface area contributed by atoms with Gasteiger partial charge in [0, 0.05) is 41.8 Å².